The van der Waals surface area contributed by atoms with E-state index in [1.165, 1.54) is 11.9 Å². The third-order valence-electron chi connectivity index (χ3n) is 3.22. The average molecular weight is 261 g/mol. The molecule has 2 rings (SSSR count). The molecule has 0 aliphatic heterocycles. The van der Waals surface area contributed by atoms with Gasteiger partial charge in [-0.25, -0.2) is 14.6 Å². The summed E-state index contributed by atoms with van der Waals surface area (Å²) in [6, 6.07) is 0. The van der Waals surface area contributed by atoms with E-state index in [4.69, 9.17) is 4.74 Å². The van der Waals surface area contributed by atoms with Gasteiger partial charge < -0.3 is 10.1 Å². The second kappa shape index (κ2) is 5.26. The molecule has 19 heavy (non-hydrogen) atoms. The molecule has 102 valence electrons. The van der Waals surface area contributed by atoms with Gasteiger partial charge in [0.1, 0.15) is 6.33 Å². The van der Waals surface area contributed by atoms with Crippen LogP contribution >= 0.6 is 0 Å². The van der Waals surface area contributed by atoms with Gasteiger partial charge in [0.15, 0.2) is 5.82 Å². The summed E-state index contributed by atoms with van der Waals surface area (Å²) in [6.07, 6.45) is 2.45. The third-order valence-corrected chi connectivity index (χ3v) is 3.22. The van der Waals surface area contributed by atoms with Crippen LogP contribution in [-0.2, 0) is 6.42 Å². The smallest absolute Gasteiger partial charge is 0.206 e. The lowest BCUT2D eigenvalue weighted by Gasteiger charge is -2.12. The molecular formula is C13H19N5O. The van der Waals surface area contributed by atoms with E-state index >= 15 is 0 Å². The van der Waals surface area contributed by atoms with E-state index in [9.17, 15) is 0 Å². The summed E-state index contributed by atoms with van der Waals surface area (Å²) in [5.41, 5.74) is 3.34. The van der Waals surface area contributed by atoms with E-state index in [1.807, 2.05) is 18.5 Å². The first kappa shape index (κ1) is 13.3. The van der Waals surface area contributed by atoms with Crippen molar-refractivity contribution in [2.75, 3.05) is 19.5 Å². The van der Waals surface area contributed by atoms with Crippen LogP contribution in [0.3, 0.4) is 0 Å². The highest BCUT2D eigenvalue weighted by Gasteiger charge is 2.18. The zero-order valence-corrected chi connectivity index (χ0v) is 12.0. The van der Waals surface area contributed by atoms with Gasteiger partial charge in [-0.15, -0.1) is 0 Å². The van der Waals surface area contributed by atoms with E-state index in [2.05, 4.69) is 27.3 Å². The van der Waals surface area contributed by atoms with Gasteiger partial charge in [0, 0.05) is 12.7 Å². The molecular weight excluding hydrogens is 242 g/mol. The monoisotopic (exact) mass is 261 g/mol. The van der Waals surface area contributed by atoms with Crippen LogP contribution in [0.25, 0.3) is 5.82 Å². The number of aromatic nitrogens is 4. The number of ether oxygens (including phenoxy) is 1. The van der Waals surface area contributed by atoms with Gasteiger partial charge in [0.2, 0.25) is 11.6 Å². The highest BCUT2D eigenvalue weighted by molar-refractivity contribution is 5.58. The Bertz CT molecular complexity index is 591. The molecule has 0 radical (unpaired) electrons. The number of hydrogen-bond donors (Lipinski definition) is 1. The number of rotatable bonds is 4. The molecule has 0 aliphatic carbocycles. The quantitative estimate of drug-likeness (QED) is 0.910. The van der Waals surface area contributed by atoms with Crippen molar-refractivity contribution in [3.05, 3.63) is 23.3 Å². The molecule has 6 nitrogen and oxygen atoms in total. The highest BCUT2D eigenvalue weighted by atomic mass is 16.5. The molecule has 0 atom stereocenters. The van der Waals surface area contributed by atoms with Crippen molar-refractivity contribution in [2.45, 2.75) is 27.2 Å². The van der Waals surface area contributed by atoms with Crippen LogP contribution in [0.2, 0.25) is 0 Å². The Morgan fingerprint density at radius 3 is 2.58 bits per heavy atom. The molecule has 0 aromatic carbocycles. The zero-order chi connectivity index (χ0) is 14.0. The van der Waals surface area contributed by atoms with Gasteiger partial charge in [-0.1, -0.05) is 6.92 Å². The molecule has 1 N–H and O–H groups in total. The van der Waals surface area contributed by atoms with Gasteiger partial charge >= 0.3 is 0 Å². The number of anilines is 1. The molecule has 0 aliphatic rings. The predicted molar refractivity (Wildman–Crippen MR) is 74.1 cm³/mol. The predicted octanol–water partition coefficient (Wildman–Crippen LogP) is 1.89. The van der Waals surface area contributed by atoms with E-state index < -0.39 is 0 Å². The van der Waals surface area contributed by atoms with Crippen LogP contribution in [0.1, 0.15) is 23.9 Å². The minimum atomic E-state index is 0.596. The Balaban J connectivity index is 2.65. The van der Waals surface area contributed by atoms with Gasteiger partial charge in [-0.05, 0) is 25.8 Å². The van der Waals surface area contributed by atoms with Gasteiger partial charge in [-0.2, -0.15) is 5.10 Å². The second-order valence-corrected chi connectivity index (χ2v) is 4.24. The van der Waals surface area contributed by atoms with Crippen LogP contribution < -0.4 is 10.1 Å². The third kappa shape index (κ3) is 2.14. The SMILES string of the molecule is CCc1c(C)nn(-c2ncnc(NC)c2OC)c1C. The van der Waals surface area contributed by atoms with Crippen molar-refractivity contribution in [3.63, 3.8) is 0 Å². The van der Waals surface area contributed by atoms with Crippen molar-refractivity contribution in [1.82, 2.24) is 19.7 Å². The largest absolute Gasteiger partial charge is 0.490 e. The van der Waals surface area contributed by atoms with E-state index in [-0.39, 0.29) is 0 Å². The fourth-order valence-corrected chi connectivity index (χ4v) is 2.27. The zero-order valence-electron chi connectivity index (χ0n) is 12.0. The van der Waals surface area contributed by atoms with Gasteiger partial charge in [0.05, 0.1) is 12.8 Å². The summed E-state index contributed by atoms with van der Waals surface area (Å²) in [7, 11) is 3.41. The van der Waals surface area contributed by atoms with Crippen molar-refractivity contribution in [1.29, 1.82) is 0 Å². The number of nitrogens with zero attached hydrogens (tertiary/aromatic N) is 4. The van der Waals surface area contributed by atoms with Gasteiger partial charge in [-0.3, -0.25) is 0 Å². The first-order chi connectivity index (χ1) is 9.13. The van der Waals surface area contributed by atoms with Crippen LogP contribution in [0, 0.1) is 13.8 Å². The molecule has 2 heterocycles. The van der Waals surface area contributed by atoms with E-state index in [0.29, 0.717) is 17.4 Å². The lowest BCUT2D eigenvalue weighted by molar-refractivity contribution is 0.409. The standard InChI is InChI=1S/C13H19N5O/c1-6-10-8(2)17-18(9(10)3)13-11(19-5)12(14-4)15-7-16-13/h7H,6H2,1-5H3,(H,14,15,16). The molecule has 2 aromatic heterocycles. The van der Waals surface area contributed by atoms with Crippen LogP contribution in [0.4, 0.5) is 5.82 Å². The molecule has 0 spiro atoms. The number of aryl methyl sites for hydroxylation is 1. The summed E-state index contributed by atoms with van der Waals surface area (Å²) in [6.45, 7) is 6.17. The van der Waals surface area contributed by atoms with E-state index in [1.54, 1.807) is 14.2 Å². The average Bonchev–Trinajstić information content (AvgIpc) is 2.72. The van der Waals surface area contributed by atoms with Crippen molar-refractivity contribution >= 4 is 5.82 Å². The number of nitrogens with one attached hydrogen (secondary N) is 1. The van der Waals surface area contributed by atoms with Crippen molar-refractivity contribution in [3.8, 4) is 11.6 Å². The molecule has 0 bridgehead atoms. The molecule has 2 aromatic rings. The second-order valence-electron chi connectivity index (χ2n) is 4.24. The van der Waals surface area contributed by atoms with Crippen LogP contribution in [-0.4, -0.2) is 33.9 Å². The number of hydrogen-bond acceptors (Lipinski definition) is 5. The highest BCUT2D eigenvalue weighted by Crippen LogP contribution is 2.29. The lowest BCUT2D eigenvalue weighted by Crippen LogP contribution is -2.08. The first-order valence-corrected chi connectivity index (χ1v) is 6.26. The maximum Gasteiger partial charge on any atom is 0.206 e. The Kier molecular flexibility index (Phi) is 3.69. The van der Waals surface area contributed by atoms with Crippen LogP contribution in [0.5, 0.6) is 5.75 Å². The molecule has 0 amide bonds. The maximum atomic E-state index is 5.41. The fraction of sp³-hybridized carbons (Fsp3) is 0.462. The summed E-state index contributed by atoms with van der Waals surface area (Å²) in [4.78, 5) is 8.45. The Morgan fingerprint density at radius 2 is 2.05 bits per heavy atom. The number of methoxy groups -OCH3 is 1. The minimum absolute atomic E-state index is 0.596. The molecule has 0 unspecified atom stereocenters. The fourth-order valence-electron chi connectivity index (χ4n) is 2.27. The molecule has 0 saturated heterocycles. The molecule has 0 fully saturated rings. The topological polar surface area (TPSA) is 64.9 Å². The normalized spacial score (nSPS) is 10.6. The Morgan fingerprint density at radius 1 is 1.32 bits per heavy atom. The first-order valence-electron chi connectivity index (χ1n) is 6.26. The Hall–Kier alpha value is -2.11. The summed E-state index contributed by atoms with van der Waals surface area (Å²) in [5.74, 6) is 1.90. The van der Waals surface area contributed by atoms with Crippen molar-refractivity contribution in [2.24, 2.45) is 0 Å². The molecule has 0 saturated carbocycles. The summed E-state index contributed by atoms with van der Waals surface area (Å²) >= 11 is 0. The van der Waals surface area contributed by atoms with Crippen LogP contribution in [0.15, 0.2) is 6.33 Å². The lowest BCUT2D eigenvalue weighted by atomic mass is 10.1. The molecule has 6 heteroatoms. The van der Waals surface area contributed by atoms with Gasteiger partial charge in [0.25, 0.3) is 0 Å². The minimum Gasteiger partial charge on any atom is -0.490 e. The summed E-state index contributed by atoms with van der Waals surface area (Å²) < 4.78 is 7.23. The van der Waals surface area contributed by atoms with E-state index in [0.717, 1.165) is 17.8 Å². The maximum absolute atomic E-state index is 5.41. The van der Waals surface area contributed by atoms with Crippen molar-refractivity contribution < 1.29 is 4.74 Å². The Labute approximate surface area is 112 Å². The summed E-state index contributed by atoms with van der Waals surface area (Å²) in [5, 5.41) is 7.55.